The molecule has 1 aliphatic rings. The van der Waals surface area contributed by atoms with Crippen molar-refractivity contribution in [3.05, 3.63) is 0 Å². The van der Waals surface area contributed by atoms with Crippen molar-refractivity contribution in [2.24, 2.45) is 0 Å². The van der Waals surface area contributed by atoms with Crippen molar-refractivity contribution in [2.75, 3.05) is 7.11 Å². The van der Waals surface area contributed by atoms with Crippen LogP contribution in [-0.4, -0.2) is 18.5 Å². The first-order chi connectivity index (χ1) is 4.33. The van der Waals surface area contributed by atoms with E-state index in [1.165, 1.54) is 19.3 Å². The highest BCUT2D eigenvalue weighted by atomic mass is 32.1. The Morgan fingerprint density at radius 1 is 1.44 bits per heavy atom. The molecule has 0 aliphatic heterocycles. The molecule has 0 N–H and O–H groups in total. The van der Waals surface area contributed by atoms with Crippen LogP contribution in [0.1, 0.15) is 25.7 Å². The SMILES string of the molecule is COC1CCCC(S)C1. The molecule has 2 heteroatoms. The maximum absolute atomic E-state index is 5.21. The first-order valence-electron chi connectivity index (χ1n) is 3.54. The average Bonchev–Trinajstić information content (AvgIpc) is 1.88. The smallest absolute Gasteiger partial charge is 0.0581 e. The Hall–Kier alpha value is 0.310. The molecule has 0 aromatic heterocycles. The van der Waals surface area contributed by atoms with E-state index in [0.717, 1.165) is 6.42 Å². The standard InChI is InChI=1S/C7H14OS/c1-8-6-3-2-4-7(9)5-6/h6-7,9H,2-5H2,1H3. The van der Waals surface area contributed by atoms with Crippen LogP contribution in [0.15, 0.2) is 0 Å². The molecule has 0 saturated heterocycles. The fourth-order valence-electron chi connectivity index (χ4n) is 1.33. The van der Waals surface area contributed by atoms with E-state index in [1.54, 1.807) is 7.11 Å². The summed E-state index contributed by atoms with van der Waals surface area (Å²) in [6, 6.07) is 0. The number of rotatable bonds is 1. The zero-order chi connectivity index (χ0) is 6.69. The molecule has 0 radical (unpaired) electrons. The van der Waals surface area contributed by atoms with E-state index in [2.05, 4.69) is 12.6 Å². The summed E-state index contributed by atoms with van der Waals surface area (Å²) in [7, 11) is 1.79. The van der Waals surface area contributed by atoms with Gasteiger partial charge in [-0.25, -0.2) is 0 Å². The van der Waals surface area contributed by atoms with Gasteiger partial charge in [-0.3, -0.25) is 0 Å². The van der Waals surface area contributed by atoms with Crippen LogP contribution in [0.25, 0.3) is 0 Å². The molecule has 0 heterocycles. The molecule has 1 saturated carbocycles. The molecular formula is C7H14OS. The van der Waals surface area contributed by atoms with Crippen LogP contribution in [0.3, 0.4) is 0 Å². The van der Waals surface area contributed by atoms with Crippen LogP contribution in [0.5, 0.6) is 0 Å². The number of ether oxygens (including phenoxy) is 1. The largest absolute Gasteiger partial charge is 0.381 e. The summed E-state index contributed by atoms with van der Waals surface area (Å²) < 4.78 is 5.21. The minimum atomic E-state index is 0.487. The summed E-state index contributed by atoms with van der Waals surface area (Å²) in [5, 5.41) is 0.587. The lowest BCUT2D eigenvalue weighted by molar-refractivity contribution is 0.0732. The number of methoxy groups -OCH3 is 1. The lowest BCUT2D eigenvalue weighted by Gasteiger charge is -2.24. The van der Waals surface area contributed by atoms with Crippen molar-refractivity contribution >= 4 is 12.6 Å². The Morgan fingerprint density at radius 2 is 2.22 bits per heavy atom. The molecule has 2 atom stereocenters. The summed E-state index contributed by atoms with van der Waals surface area (Å²) in [4.78, 5) is 0. The minimum Gasteiger partial charge on any atom is -0.381 e. The fourth-order valence-corrected chi connectivity index (χ4v) is 1.75. The summed E-state index contributed by atoms with van der Waals surface area (Å²) in [6.07, 6.45) is 5.41. The molecule has 0 spiro atoms. The fraction of sp³-hybridized carbons (Fsp3) is 1.00. The third-order valence-electron chi connectivity index (χ3n) is 1.93. The molecular weight excluding hydrogens is 132 g/mol. The predicted octanol–water partition coefficient (Wildman–Crippen LogP) is 1.87. The zero-order valence-corrected chi connectivity index (χ0v) is 6.73. The predicted molar refractivity (Wildman–Crippen MR) is 42.0 cm³/mol. The third kappa shape index (κ3) is 2.18. The Bertz CT molecular complexity index is 85.0. The van der Waals surface area contributed by atoms with Gasteiger partial charge in [0.15, 0.2) is 0 Å². The van der Waals surface area contributed by atoms with Gasteiger partial charge in [-0.1, -0.05) is 0 Å². The summed E-state index contributed by atoms with van der Waals surface area (Å²) in [5.74, 6) is 0. The normalized spacial score (nSPS) is 36.7. The van der Waals surface area contributed by atoms with Crippen molar-refractivity contribution < 1.29 is 4.74 Å². The highest BCUT2D eigenvalue weighted by molar-refractivity contribution is 7.80. The zero-order valence-electron chi connectivity index (χ0n) is 5.84. The van der Waals surface area contributed by atoms with E-state index in [0.29, 0.717) is 11.4 Å². The summed E-state index contributed by atoms with van der Waals surface area (Å²) in [6.45, 7) is 0. The van der Waals surface area contributed by atoms with Gasteiger partial charge in [0.05, 0.1) is 6.10 Å². The lowest BCUT2D eigenvalue weighted by atomic mass is 9.97. The van der Waals surface area contributed by atoms with Crippen LogP contribution in [-0.2, 0) is 4.74 Å². The average molecular weight is 146 g/mol. The van der Waals surface area contributed by atoms with Crippen LogP contribution in [0.4, 0.5) is 0 Å². The van der Waals surface area contributed by atoms with Crippen molar-refractivity contribution in [2.45, 2.75) is 37.0 Å². The van der Waals surface area contributed by atoms with Crippen LogP contribution >= 0.6 is 12.6 Å². The Labute approximate surface area is 62.2 Å². The van der Waals surface area contributed by atoms with Gasteiger partial charge < -0.3 is 4.74 Å². The first kappa shape index (κ1) is 7.42. The van der Waals surface area contributed by atoms with Crippen molar-refractivity contribution in [3.63, 3.8) is 0 Å². The first-order valence-corrected chi connectivity index (χ1v) is 4.05. The molecule has 2 unspecified atom stereocenters. The van der Waals surface area contributed by atoms with E-state index in [1.807, 2.05) is 0 Å². The molecule has 0 aromatic rings. The Morgan fingerprint density at radius 3 is 2.67 bits per heavy atom. The lowest BCUT2D eigenvalue weighted by Crippen LogP contribution is -2.21. The van der Waals surface area contributed by atoms with E-state index in [-0.39, 0.29) is 0 Å². The van der Waals surface area contributed by atoms with Gasteiger partial charge in [0, 0.05) is 12.4 Å². The molecule has 1 aliphatic carbocycles. The van der Waals surface area contributed by atoms with Gasteiger partial charge in [0.1, 0.15) is 0 Å². The number of thiol groups is 1. The maximum atomic E-state index is 5.21. The molecule has 0 aromatic carbocycles. The Kier molecular flexibility index (Phi) is 2.86. The van der Waals surface area contributed by atoms with Crippen molar-refractivity contribution in [3.8, 4) is 0 Å². The van der Waals surface area contributed by atoms with E-state index >= 15 is 0 Å². The van der Waals surface area contributed by atoms with Gasteiger partial charge in [-0.05, 0) is 25.7 Å². The minimum absolute atomic E-state index is 0.487. The van der Waals surface area contributed by atoms with Crippen LogP contribution in [0, 0.1) is 0 Å². The Balaban J connectivity index is 2.23. The highest BCUT2D eigenvalue weighted by Crippen LogP contribution is 2.23. The van der Waals surface area contributed by atoms with Crippen molar-refractivity contribution in [1.29, 1.82) is 0 Å². The second-order valence-electron chi connectivity index (χ2n) is 2.68. The van der Waals surface area contributed by atoms with E-state index < -0.39 is 0 Å². The molecule has 9 heavy (non-hydrogen) atoms. The number of hydrogen-bond acceptors (Lipinski definition) is 2. The second-order valence-corrected chi connectivity index (χ2v) is 3.41. The van der Waals surface area contributed by atoms with E-state index in [4.69, 9.17) is 4.74 Å². The van der Waals surface area contributed by atoms with Gasteiger partial charge in [0.25, 0.3) is 0 Å². The molecule has 1 rings (SSSR count). The summed E-state index contributed by atoms with van der Waals surface area (Å²) >= 11 is 4.39. The van der Waals surface area contributed by atoms with E-state index in [9.17, 15) is 0 Å². The second kappa shape index (κ2) is 3.47. The monoisotopic (exact) mass is 146 g/mol. The summed E-state index contributed by atoms with van der Waals surface area (Å²) in [5.41, 5.74) is 0. The topological polar surface area (TPSA) is 9.23 Å². The molecule has 54 valence electrons. The molecule has 0 amide bonds. The molecule has 1 nitrogen and oxygen atoms in total. The number of hydrogen-bond donors (Lipinski definition) is 1. The van der Waals surface area contributed by atoms with Gasteiger partial charge in [0.2, 0.25) is 0 Å². The highest BCUT2D eigenvalue weighted by Gasteiger charge is 2.17. The van der Waals surface area contributed by atoms with Crippen LogP contribution in [0.2, 0.25) is 0 Å². The van der Waals surface area contributed by atoms with Gasteiger partial charge in [-0.15, -0.1) is 0 Å². The molecule has 1 fully saturated rings. The third-order valence-corrected chi connectivity index (χ3v) is 2.40. The van der Waals surface area contributed by atoms with Crippen LogP contribution < -0.4 is 0 Å². The quantitative estimate of drug-likeness (QED) is 0.556. The van der Waals surface area contributed by atoms with Gasteiger partial charge >= 0.3 is 0 Å². The maximum Gasteiger partial charge on any atom is 0.0581 e. The van der Waals surface area contributed by atoms with Crippen molar-refractivity contribution in [1.82, 2.24) is 0 Å². The van der Waals surface area contributed by atoms with Gasteiger partial charge in [-0.2, -0.15) is 12.6 Å². The molecule has 0 bridgehead atoms.